The van der Waals surface area contributed by atoms with Gasteiger partial charge in [0, 0.05) is 21.0 Å². The Morgan fingerprint density at radius 1 is 1.54 bits per heavy atom. The molecule has 0 unspecified atom stereocenters. The van der Waals surface area contributed by atoms with Crippen LogP contribution in [0.15, 0.2) is 27.6 Å². The molecule has 1 aromatic carbocycles. The van der Waals surface area contributed by atoms with Crippen LogP contribution in [0.5, 0.6) is 0 Å². The fourth-order valence-corrected chi connectivity index (χ4v) is 2.45. The van der Waals surface area contributed by atoms with Crippen LogP contribution < -0.4 is 0 Å². The summed E-state index contributed by atoms with van der Waals surface area (Å²) in [4.78, 5) is 1.12. The number of nitrogens with zero attached hydrogens (tertiary/aromatic N) is 1. The molecule has 0 aliphatic rings. The maximum absolute atomic E-state index is 8.63. The molecule has 0 aliphatic carbocycles. The molecule has 0 N–H and O–H groups in total. The third-order valence-corrected chi connectivity index (χ3v) is 3.80. The highest BCUT2D eigenvalue weighted by Crippen LogP contribution is 2.28. The minimum atomic E-state index is 0.636. The monoisotopic (exact) mass is 275 g/mol. The van der Waals surface area contributed by atoms with E-state index in [-0.39, 0.29) is 0 Å². The van der Waals surface area contributed by atoms with Crippen LogP contribution in [-0.4, -0.2) is 11.6 Å². The van der Waals surface area contributed by atoms with E-state index in [1.54, 1.807) is 17.8 Å². The highest BCUT2D eigenvalue weighted by molar-refractivity contribution is 9.10. The van der Waals surface area contributed by atoms with Crippen LogP contribution in [0.2, 0.25) is 0 Å². The lowest BCUT2D eigenvalue weighted by molar-refractivity contribution is 1.36. The number of hydrogen-bond acceptors (Lipinski definition) is 2. The predicted octanol–water partition coefficient (Wildman–Crippen LogP) is 3.65. The largest absolute Gasteiger partial charge is 0.192 e. The van der Waals surface area contributed by atoms with E-state index in [9.17, 15) is 0 Å². The van der Waals surface area contributed by atoms with Crippen LogP contribution in [0.1, 0.15) is 5.56 Å². The third kappa shape index (κ3) is 3.22. The Morgan fingerprint density at radius 3 is 2.85 bits per heavy atom. The zero-order chi connectivity index (χ0) is 9.68. The van der Waals surface area contributed by atoms with Crippen LogP contribution in [0, 0.1) is 11.3 Å². The Hall–Kier alpha value is -0.170. The minimum absolute atomic E-state index is 0.636. The molecule has 0 aromatic heterocycles. The smallest absolute Gasteiger partial charge is 0.0992 e. The van der Waals surface area contributed by atoms with Crippen molar-refractivity contribution in [2.24, 2.45) is 0 Å². The average molecular weight is 277 g/mol. The number of thioether (sulfide) groups is 1. The van der Waals surface area contributed by atoms with Gasteiger partial charge in [0.2, 0.25) is 0 Å². The topological polar surface area (TPSA) is 23.8 Å². The molecule has 0 spiro atoms. The van der Waals surface area contributed by atoms with Crippen molar-refractivity contribution < 1.29 is 0 Å². The van der Waals surface area contributed by atoms with Crippen LogP contribution in [-0.2, 0) is 0 Å². The molecular formula is C9H7BrClNS. The summed E-state index contributed by atoms with van der Waals surface area (Å²) in [6.07, 6.45) is 0. The van der Waals surface area contributed by atoms with Crippen molar-refractivity contribution in [3.05, 3.63) is 28.2 Å². The van der Waals surface area contributed by atoms with Gasteiger partial charge in [-0.05, 0) is 34.1 Å². The van der Waals surface area contributed by atoms with Crippen LogP contribution in [0.3, 0.4) is 0 Å². The van der Waals surface area contributed by atoms with Crippen LogP contribution in [0.4, 0.5) is 0 Å². The summed E-state index contributed by atoms with van der Waals surface area (Å²) in [6.45, 7) is 0. The van der Waals surface area contributed by atoms with Gasteiger partial charge in [-0.25, -0.2) is 0 Å². The molecule has 0 aliphatic heterocycles. The molecule has 0 atom stereocenters. The first-order chi connectivity index (χ1) is 6.27. The number of hydrogen-bond donors (Lipinski definition) is 0. The molecule has 1 aromatic rings. The average Bonchev–Trinajstić information content (AvgIpc) is 2.16. The van der Waals surface area contributed by atoms with Gasteiger partial charge in [0.05, 0.1) is 11.6 Å². The maximum Gasteiger partial charge on any atom is 0.0992 e. The molecule has 0 amide bonds. The number of benzene rings is 1. The lowest BCUT2D eigenvalue weighted by Crippen LogP contribution is -1.82. The fourth-order valence-electron chi connectivity index (χ4n) is 0.836. The van der Waals surface area contributed by atoms with Gasteiger partial charge >= 0.3 is 0 Å². The number of alkyl halides is 1. The van der Waals surface area contributed by atoms with Gasteiger partial charge < -0.3 is 0 Å². The second-order valence-electron chi connectivity index (χ2n) is 2.29. The molecule has 0 fully saturated rings. The van der Waals surface area contributed by atoms with E-state index < -0.39 is 0 Å². The summed E-state index contributed by atoms with van der Waals surface area (Å²) in [5.74, 6) is 1.52. The second-order valence-corrected chi connectivity index (χ2v) is 4.66. The van der Waals surface area contributed by atoms with Gasteiger partial charge in [0.1, 0.15) is 0 Å². The lowest BCUT2D eigenvalue weighted by atomic mass is 10.2. The maximum atomic E-state index is 8.63. The van der Waals surface area contributed by atoms with Gasteiger partial charge in [-0.15, -0.1) is 23.4 Å². The summed E-state index contributed by atoms with van der Waals surface area (Å²) >= 11 is 10.7. The molecule has 0 heterocycles. The molecule has 0 radical (unpaired) electrons. The Balaban J connectivity index is 2.81. The third-order valence-electron chi connectivity index (χ3n) is 1.40. The van der Waals surface area contributed by atoms with E-state index in [1.807, 2.05) is 12.1 Å². The molecule has 0 saturated heterocycles. The molecule has 1 nitrogen and oxygen atoms in total. The zero-order valence-corrected chi connectivity index (χ0v) is 9.92. The van der Waals surface area contributed by atoms with E-state index in [0.717, 1.165) is 15.1 Å². The molecule has 0 saturated carbocycles. The Labute approximate surface area is 95.2 Å². The Kier molecular flexibility index (Phi) is 4.65. The quantitative estimate of drug-likeness (QED) is 0.621. The number of nitriles is 1. The zero-order valence-electron chi connectivity index (χ0n) is 6.76. The molecular weight excluding hydrogens is 270 g/mol. The van der Waals surface area contributed by atoms with E-state index >= 15 is 0 Å². The molecule has 4 heteroatoms. The van der Waals surface area contributed by atoms with Gasteiger partial charge in [0.15, 0.2) is 0 Å². The van der Waals surface area contributed by atoms with Gasteiger partial charge in [0.25, 0.3) is 0 Å². The van der Waals surface area contributed by atoms with Crippen molar-refractivity contribution >= 4 is 39.3 Å². The Morgan fingerprint density at radius 2 is 2.31 bits per heavy atom. The van der Waals surface area contributed by atoms with Crippen LogP contribution >= 0.6 is 39.3 Å². The van der Waals surface area contributed by atoms with Crippen molar-refractivity contribution in [1.29, 1.82) is 5.26 Å². The van der Waals surface area contributed by atoms with Crippen molar-refractivity contribution in [1.82, 2.24) is 0 Å². The number of rotatable bonds is 3. The summed E-state index contributed by atoms with van der Waals surface area (Å²) in [5, 5.41) is 8.63. The first-order valence-corrected chi connectivity index (χ1v) is 5.97. The first-order valence-electron chi connectivity index (χ1n) is 3.66. The second kappa shape index (κ2) is 5.54. The summed E-state index contributed by atoms with van der Waals surface area (Å²) in [5.41, 5.74) is 0.669. The minimum Gasteiger partial charge on any atom is -0.192 e. The molecule has 68 valence electrons. The highest BCUT2D eigenvalue weighted by atomic mass is 79.9. The van der Waals surface area contributed by atoms with E-state index in [4.69, 9.17) is 16.9 Å². The summed E-state index contributed by atoms with van der Waals surface area (Å²) in [6, 6.07) is 7.64. The molecule has 0 bridgehead atoms. The standard InChI is InChI=1S/C9H7BrClNS/c10-8-5-7(6-12)1-2-9(8)13-4-3-11/h1-2,5H,3-4H2. The SMILES string of the molecule is N#Cc1ccc(SCCCl)c(Br)c1. The van der Waals surface area contributed by atoms with Crippen molar-refractivity contribution in [3.8, 4) is 6.07 Å². The fraction of sp³-hybridized carbons (Fsp3) is 0.222. The van der Waals surface area contributed by atoms with E-state index in [1.165, 1.54) is 0 Å². The van der Waals surface area contributed by atoms with Gasteiger partial charge in [-0.2, -0.15) is 5.26 Å². The van der Waals surface area contributed by atoms with E-state index in [0.29, 0.717) is 11.4 Å². The predicted molar refractivity (Wildman–Crippen MR) is 60.3 cm³/mol. The highest BCUT2D eigenvalue weighted by Gasteiger charge is 2.00. The van der Waals surface area contributed by atoms with Gasteiger partial charge in [-0.3, -0.25) is 0 Å². The lowest BCUT2D eigenvalue weighted by Gasteiger charge is -2.02. The van der Waals surface area contributed by atoms with Crippen molar-refractivity contribution in [3.63, 3.8) is 0 Å². The summed E-state index contributed by atoms with van der Waals surface area (Å²) in [7, 11) is 0. The van der Waals surface area contributed by atoms with Crippen LogP contribution in [0.25, 0.3) is 0 Å². The van der Waals surface area contributed by atoms with E-state index in [2.05, 4.69) is 22.0 Å². The van der Waals surface area contributed by atoms with Gasteiger partial charge in [-0.1, -0.05) is 0 Å². The summed E-state index contributed by atoms with van der Waals surface area (Å²) < 4.78 is 0.960. The number of halogens is 2. The normalized spacial score (nSPS) is 9.62. The van der Waals surface area contributed by atoms with Crippen molar-refractivity contribution in [2.75, 3.05) is 11.6 Å². The Bertz CT molecular complexity index is 335. The molecule has 1 rings (SSSR count). The first kappa shape index (κ1) is 10.9. The van der Waals surface area contributed by atoms with Crippen molar-refractivity contribution in [2.45, 2.75) is 4.90 Å². The molecule has 13 heavy (non-hydrogen) atoms.